The molecule has 8 heteroatoms. The van der Waals surface area contributed by atoms with Gasteiger partial charge in [-0.15, -0.1) is 0 Å². The first kappa shape index (κ1) is 23.8. The first-order chi connectivity index (χ1) is 16.1. The Morgan fingerprint density at radius 3 is 2.12 bits per heavy atom. The number of carbonyl (C=O) groups is 3. The highest BCUT2D eigenvalue weighted by molar-refractivity contribution is 5.87. The molecule has 2 aromatic rings. The summed E-state index contributed by atoms with van der Waals surface area (Å²) in [7, 11) is 0. The van der Waals surface area contributed by atoms with Crippen molar-refractivity contribution in [3.05, 3.63) is 59.7 Å². The van der Waals surface area contributed by atoms with Gasteiger partial charge in [0.1, 0.15) is 19.3 Å². The standard InChI is InChI=1S/C26H30N2O6/c1-26(2,3)23(24(31)28-12-16(13-28)33-15-22(29)30)27-25(32)34-14-21-19-10-6-4-8-17(19)18-9-5-7-11-20(18)21/h4-11,16,21,23H,12-15H2,1-3H3,(H,27,32)(H,29,30)/t23-/m1/s1. The minimum absolute atomic E-state index is 0.0653. The normalized spacial score (nSPS) is 16.3. The molecule has 2 aliphatic rings. The number of carbonyl (C=O) groups excluding carboxylic acids is 2. The quantitative estimate of drug-likeness (QED) is 0.649. The number of hydrogen-bond acceptors (Lipinski definition) is 5. The Hall–Kier alpha value is -3.39. The predicted octanol–water partition coefficient (Wildman–Crippen LogP) is 3.25. The summed E-state index contributed by atoms with van der Waals surface area (Å²) in [5, 5.41) is 11.5. The third-order valence-corrected chi connectivity index (χ3v) is 6.32. The zero-order valence-electron chi connectivity index (χ0n) is 19.6. The smallest absolute Gasteiger partial charge is 0.407 e. The number of carboxylic acid groups (broad SMARTS) is 1. The van der Waals surface area contributed by atoms with Crippen LogP contribution in [0, 0.1) is 5.41 Å². The van der Waals surface area contributed by atoms with Crippen molar-refractivity contribution in [3.8, 4) is 11.1 Å². The summed E-state index contributed by atoms with van der Waals surface area (Å²) in [6, 6.07) is 15.4. The minimum Gasteiger partial charge on any atom is -0.480 e. The van der Waals surface area contributed by atoms with E-state index in [0.29, 0.717) is 13.1 Å². The molecule has 4 rings (SSSR count). The second-order valence-electron chi connectivity index (χ2n) is 9.84. The van der Waals surface area contributed by atoms with Crippen molar-refractivity contribution in [2.75, 3.05) is 26.3 Å². The highest BCUT2D eigenvalue weighted by Gasteiger charge is 2.41. The van der Waals surface area contributed by atoms with Crippen molar-refractivity contribution in [1.82, 2.24) is 10.2 Å². The fourth-order valence-electron chi connectivity index (χ4n) is 4.50. The van der Waals surface area contributed by atoms with E-state index >= 15 is 0 Å². The maximum atomic E-state index is 13.1. The molecule has 1 saturated heterocycles. The van der Waals surface area contributed by atoms with Gasteiger partial charge in [-0.2, -0.15) is 0 Å². The Balaban J connectivity index is 1.37. The van der Waals surface area contributed by atoms with Crippen molar-refractivity contribution in [2.24, 2.45) is 5.41 Å². The van der Waals surface area contributed by atoms with Crippen LogP contribution in [0.3, 0.4) is 0 Å². The van der Waals surface area contributed by atoms with Crippen LogP contribution in [0.5, 0.6) is 0 Å². The van der Waals surface area contributed by atoms with Crippen LogP contribution >= 0.6 is 0 Å². The lowest BCUT2D eigenvalue weighted by atomic mass is 9.85. The van der Waals surface area contributed by atoms with Crippen molar-refractivity contribution >= 4 is 18.0 Å². The summed E-state index contributed by atoms with van der Waals surface area (Å²) < 4.78 is 10.8. The Labute approximate surface area is 198 Å². The molecule has 0 radical (unpaired) electrons. The van der Waals surface area contributed by atoms with Crippen LogP contribution in [0.25, 0.3) is 11.1 Å². The van der Waals surface area contributed by atoms with E-state index in [4.69, 9.17) is 14.6 Å². The van der Waals surface area contributed by atoms with E-state index in [1.54, 1.807) is 4.90 Å². The summed E-state index contributed by atoms with van der Waals surface area (Å²) in [4.78, 5) is 38.0. The van der Waals surface area contributed by atoms with Crippen LogP contribution in [0.4, 0.5) is 4.79 Å². The number of hydrogen-bond donors (Lipinski definition) is 2. The number of benzene rings is 2. The van der Waals surface area contributed by atoms with Gasteiger partial charge in [0.15, 0.2) is 0 Å². The van der Waals surface area contributed by atoms with Gasteiger partial charge in [0.25, 0.3) is 0 Å². The molecule has 2 amide bonds. The second-order valence-corrected chi connectivity index (χ2v) is 9.84. The topological polar surface area (TPSA) is 105 Å². The van der Waals surface area contributed by atoms with E-state index in [1.807, 2.05) is 45.0 Å². The zero-order chi connectivity index (χ0) is 24.5. The van der Waals surface area contributed by atoms with Gasteiger partial charge in [-0.25, -0.2) is 9.59 Å². The predicted molar refractivity (Wildman–Crippen MR) is 125 cm³/mol. The number of nitrogens with zero attached hydrogens (tertiary/aromatic N) is 1. The number of amides is 2. The minimum atomic E-state index is -1.05. The molecule has 1 aliphatic carbocycles. The van der Waals surface area contributed by atoms with Crippen LogP contribution in [-0.4, -0.2) is 66.4 Å². The number of nitrogens with one attached hydrogen (secondary N) is 1. The lowest BCUT2D eigenvalue weighted by Crippen LogP contribution is -2.62. The van der Waals surface area contributed by atoms with E-state index in [0.717, 1.165) is 22.3 Å². The van der Waals surface area contributed by atoms with Crippen molar-refractivity contribution in [1.29, 1.82) is 0 Å². The molecule has 34 heavy (non-hydrogen) atoms. The molecule has 0 bridgehead atoms. The van der Waals surface area contributed by atoms with Gasteiger partial charge in [-0.05, 0) is 27.7 Å². The lowest BCUT2D eigenvalue weighted by molar-refractivity contribution is -0.156. The lowest BCUT2D eigenvalue weighted by Gasteiger charge is -2.42. The molecular formula is C26H30N2O6. The molecule has 1 fully saturated rings. The molecule has 2 aromatic carbocycles. The van der Waals surface area contributed by atoms with Gasteiger partial charge >= 0.3 is 12.1 Å². The fourth-order valence-corrected chi connectivity index (χ4v) is 4.50. The Morgan fingerprint density at radius 2 is 1.59 bits per heavy atom. The van der Waals surface area contributed by atoms with Crippen LogP contribution in [0.15, 0.2) is 48.5 Å². The SMILES string of the molecule is CC(C)(C)[C@H](NC(=O)OCC1c2ccccc2-c2ccccc21)C(=O)N1CC(OCC(=O)O)C1. The summed E-state index contributed by atoms with van der Waals surface area (Å²) in [6.07, 6.45) is -0.954. The van der Waals surface area contributed by atoms with Crippen molar-refractivity contribution < 1.29 is 29.0 Å². The van der Waals surface area contributed by atoms with E-state index in [2.05, 4.69) is 29.6 Å². The molecule has 1 atom stereocenters. The van der Waals surface area contributed by atoms with Gasteiger partial charge < -0.3 is 24.8 Å². The maximum Gasteiger partial charge on any atom is 0.407 e. The molecule has 2 N–H and O–H groups in total. The molecule has 1 aliphatic heterocycles. The number of alkyl carbamates (subject to hydrolysis) is 1. The highest BCUT2D eigenvalue weighted by atomic mass is 16.5. The zero-order valence-corrected chi connectivity index (χ0v) is 19.6. The van der Waals surface area contributed by atoms with Crippen LogP contribution in [-0.2, 0) is 19.1 Å². The number of likely N-dealkylation sites (tertiary alicyclic amines) is 1. The van der Waals surface area contributed by atoms with E-state index in [-0.39, 0.29) is 24.5 Å². The average Bonchev–Trinajstić information content (AvgIpc) is 3.07. The first-order valence-corrected chi connectivity index (χ1v) is 11.4. The third-order valence-electron chi connectivity index (χ3n) is 6.32. The van der Waals surface area contributed by atoms with E-state index in [1.165, 1.54) is 0 Å². The molecule has 0 aromatic heterocycles. The monoisotopic (exact) mass is 466 g/mol. The maximum absolute atomic E-state index is 13.1. The molecule has 1 heterocycles. The van der Waals surface area contributed by atoms with E-state index < -0.39 is 30.1 Å². The van der Waals surface area contributed by atoms with Crippen LogP contribution < -0.4 is 5.32 Å². The molecule has 180 valence electrons. The molecular weight excluding hydrogens is 436 g/mol. The van der Waals surface area contributed by atoms with Gasteiger partial charge in [0.05, 0.1) is 6.10 Å². The van der Waals surface area contributed by atoms with E-state index in [9.17, 15) is 14.4 Å². The highest BCUT2D eigenvalue weighted by Crippen LogP contribution is 2.44. The summed E-state index contributed by atoms with van der Waals surface area (Å²) in [5.41, 5.74) is 3.98. The number of fused-ring (bicyclic) bond motifs is 3. The summed E-state index contributed by atoms with van der Waals surface area (Å²) in [6.45, 7) is 5.98. The molecule has 0 saturated carbocycles. The summed E-state index contributed by atoms with van der Waals surface area (Å²) in [5.74, 6) is -1.35. The second kappa shape index (κ2) is 9.46. The fraction of sp³-hybridized carbons (Fsp3) is 0.423. The van der Waals surface area contributed by atoms with Crippen LogP contribution in [0.1, 0.15) is 37.8 Å². The number of ether oxygens (including phenoxy) is 2. The number of rotatable bonds is 7. The van der Waals surface area contributed by atoms with Crippen molar-refractivity contribution in [2.45, 2.75) is 38.8 Å². The van der Waals surface area contributed by atoms with Crippen LogP contribution in [0.2, 0.25) is 0 Å². The largest absolute Gasteiger partial charge is 0.480 e. The Bertz CT molecular complexity index is 1040. The van der Waals surface area contributed by atoms with Crippen molar-refractivity contribution in [3.63, 3.8) is 0 Å². The number of carboxylic acids is 1. The molecule has 0 unspecified atom stereocenters. The third kappa shape index (κ3) is 4.92. The molecule has 0 spiro atoms. The van der Waals surface area contributed by atoms with Gasteiger partial charge in [-0.1, -0.05) is 69.3 Å². The van der Waals surface area contributed by atoms with Gasteiger partial charge in [0.2, 0.25) is 5.91 Å². The first-order valence-electron chi connectivity index (χ1n) is 11.4. The summed E-state index contributed by atoms with van der Waals surface area (Å²) >= 11 is 0. The van der Waals surface area contributed by atoms with Gasteiger partial charge in [-0.3, -0.25) is 4.79 Å². The number of aliphatic carboxylic acids is 1. The molecule has 8 nitrogen and oxygen atoms in total. The van der Waals surface area contributed by atoms with Gasteiger partial charge in [0, 0.05) is 19.0 Å². The Kier molecular flexibility index (Phi) is 6.61. The Morgan fingerprint density at radius 1 is 1.03 bits per heavy atom. The average molecular weight is 467 g/mol.